The van der Waals surface area contributed by atoms with Gasteiger partial charge in [-0.2, -0.15) is 0 Å². The average molecular weight is 410 g/mol. The number of hydrogen-bond donors (Lipinski definition) is 1. The first-order chi connectivity index (χ1) is 9.43. The van der Waals surface area contributed by atoms with E-state index in [0.717, 1.165) is 9.99 Å². The van der Waals surface area contributed by atoms with Crippen molar-refractivity contribution in [3.63, 3.8) is 0 Å². The lowest BCUT2D eigenvalue weighted by atomic mass is 10.0. The van der Waals surface area contributed by atoms with Crippen LogP contribution in [-0.2, 0) is 0 Å². The van der Waals surface area contributed by atoms with Gasteiger partial charge in [0.2, 0.25) is 0 Å². The van der Waals surface area contributed by atoms with E-state index in [-0.39, 0.29) is 11.8 Å². The second-order valence-electron chi connectivity index (χ2n) is 5.01. The summed E-state index contributed by atoms with van der Waals surface area (Å²) in [5.74, 6) is 0.580. The molecule has 2 rings (SSSR count). The topological polar surface area (TPSA) is 49.8 Å². The number of nitrogens with zero attached hydrogens (tertiary/aromatic N) is 1. The van der Waals surface area contributed by atoms with Crippen LogP contribution < -0.4 is 4.74 Å². The molecule has 2 atom stereocenters. The van der Waals surface area contributed by atoms with E-state index in [4.69, 9.17) is 16.3 Å². The van der Waals surface area contributed by atoms with Crippen molar-refractivity contribution in [3.05, 3.63) is 26.3 Å². The van der Waals surface area contributed by atoms with Crippen LogP contribution >= 0.6 is 34.2 Å². The maximum atomic E-state index is 12.6. The first-order valence-electron chi connectivity index (χ1n) is 6.44. The molecule has 1 aromatic carbocycles. The molecule has 1 N–H and O–H groups in total. The molecule has 110 valence electrons. The van der Waals surface area contributed by atoms with E-state index in [1.807, 2.05) is 0 Å². The highest BCUT2D eigenvalue weighted by molar-refractivity contribution is 14.1. The van der Waals surface area contributed by atoms with Crippen LogP contribution in [0.2, 0.25) is 5.02 Å². The fourth-order valence-electron chi connectivity index (χ4n) is 2.40. The quantitative estimate of drug-likeness (QED) is 0.781. The predicted octanol–water partition coefficient (Wildman–Crippen LogP) is 2.80. The van der Waals surface area contributed by atoms with Gasteiger partial charge in [-0.25, -0.2) is 0 Å². The highest BCUT2D eigenvalue weighted by Crippen LogP contribution is 2.30. The first-order valence-corrected chi connectivity index (χ1v) is 7.90. The number of benzene rings is 1. The maximum Gasteiger partial charge on any atom is 0.257 e. The molecule has 1 amide bonds. The van der Waals surface area contributed by atoms with Crippen LogP contribution in [0.4, 0.5) is 0 Å². The Hall–Kier alpha value is -0.530. The van der Waals surface area contributed by atoms with Crippen molar-refractivity contribution in [2.75, 3.05) is 20.2 Å². The summed E-state index contributed by atoms with van der Waals surface area (Å²) in [7, 11) is 1.54. The number of halogens is 2. The van der Waals surface area contributed by atoms with E-state index in [1.54, 1.807) is 31.1 Å². The Labute approximate surface area is 137 Å². The van der Waals surface area contributed by atoms with E-state index in [1.165, 1.54) is 0 Å². The Morgan fingerprint density at radius 2 is 2.30 bits per heavy atom. The van der Waals surface area contributed by atoms with E-state index >= 15 is 0 Å². The summed E-state index contributed by atoms with van der Waals surface area (Å²) in [6.07, 6.45) is 0.430. The summed E-state index contributed by atoms with van der Waals surface area (Å²) in [4.78, 5) is 14.3. The number of carbonyl (C=O) groups excluding carboxylic acids is 1. The van der Waals surface area contributed by atoms with E-state index in [9.17, 15) is 9.90 Å². The minimum absolute atomic E-state index is 0.0942. The standard InChI is InChI=1S/C14H17ClINO3/c1-8(18)9-3-4-17(7-9)14(19)10-5-11(15)12(16)6-13(10)20-2/h5-6,8-9,18H,3-4,7H2,1-2H3. The van der Waals surface area contributed by atoms with Crippen molar-refractivity contribution in [1.29, 1.82) is 0 Å². The minimum Gasteiger partial charge on any atom is -0.496 e. The van der Waals surface area contributed by atoms with E-state index < -0.39 is 6.10 Å². The van der Waals surface area contributed by atoms with Crippen LogP contribution in [-0.4, -0.2) is 42.2 Å². The van der Waals surface area contributed by atoms with E-state index in [0.29, 0.717) is 29.4 Å². The summed E-state index contributed by atoms with van der Waals surface area (Å²) in [6.45, 7) is 2.99. The molecular weight excluding hydrogens is 393 g/mol. The summed E-state index contributed by atoms with van der Waals surface area (Å²) in [5.41, 5.74) is 0.476. The van der Waals surface area contributed by atoms with Gasteiger partial charge in [0.05, 0.1) is 23.8 Å². The molecule has 20 heavy (non-hydrogen) atoms. The smallest absolute Gasteiger partial charge is 0.257 e. The summed E-state index contributed by atoms with van der Waals surface area (Å²) in [5, 5.41) is 10.2. The highest BCUT2D eigenvalue weighted by Gasteiger charge is 2.31. The molecule has 1 aliphatic heterocycles. The molecule has 0 radical (unpaired) electrons. The minimum atomic E-state index is -0.394. The van der Waals surface area contributed by atoms with Gasteiger partial charge in [-0.05, 0) is 48.1 Å². The van der Waals surface area contributed by atoms with Gasteiger partial charge in [-0.15, -0.1) is 0 Å². The molecule has 0 bridgehead atoms. The number of methoxy groups -OCH3 is 1. The van der Waals surface area contributed by atoms with Gasteiger partial charge >= 0.3 is 0 Å². The Bertz CT molecular complexity index is 521. The van der Waals surface area contributed by atoms with Crippen LogP contribution in [0.15, 0.2) is 12.1 Å². The lowest BCUT2D eigenvalue weighted by Crippen LogP contribution is -2.30. The Kier molecular flexibility index (Phi) is 5.14. The summed E-state index contributed by atoms with van der Waals surface area (Å²) >= 11 is 8.20. The van der Waals surface area contributed by atoms with Crippen LogP contribution in [0.5, 0.6) is 5.75 Å². The van der Waals surface area contributed by atoms with Gasteiger partial charge in [-0.1, -0.05) is 11.6 Å². The van der Waals surface area contributed by atoms with Gasteiger partial charge in [-0.3, -0.25) is 4.79 Å². The highest BCUT2D eigenvalue weighted by atomic mass is 127. The second kappa shape index (κ2) is 6.49. The predicted molar refractivity (Wildman–Crippen MR) is 86.4 cm³/mol. The Balaban J connectivity index is 2.24. The van der Waals surface area contributed by atoms with Gasteiger partial charge in [0.1, 0.15) is 5.75 Å². The number of amides is 1. The maximum absolute atomic E-state index is 12.6. The molecule has 1 aromatic rings. The van der Waals surface area contributed by atoms with Crippen molar-refractivity contribution < 1.29 is 14.6 Å². The molecule has 1 saturated heterocycles. The molecule has 1 aliphatic rings. The third-order valence-electron chi connectivity index (χ3n) is 3.67. The SMILES string of the molecule is COc1cc(I)c(Cl)cc1C(=O)N1CCC(C(C)O)C1. The van der Waals surface area contributed by atoms with Crippen LogP contribution in [0.3, 0.4) is 0 Å². The van der Waals surface area contributed by atoms with Gasteiger partial charge in [0, 0.05) is 22.6 Å². The van der Waals surface area contributed by atoms with Gasteiger partial charge in [0.15, 0.2) is 0 Å². The normalized spacial score (nSPS) is 20.1. The van der Waals surface area contributed by atoms with Crippen LogP contribution in [0, 0.1) is 9.49 Å². The summed E-state index contributed by atoms with van der Waals surface area (Å²) < 4.78 is 6.12. The number of hydrogen-bond acceptors (Lipinski definition) is 3. The summed E-state index contributed by atoms with van der Waals surface area (Å²) in [6, 6.07) is 3.42. The van der Waals surface area contributed by atoms with Crippen molar-refractivity contribution >= 4 is 40.1 Å². The fourth-order valence-corrected chi connectivity index (χ4v) is 3.00. The number of ether oxygens (including phenoxy) is 1. The monoisotopic (exact) mass is 409 g/mol. The number of aliphatic hydroxyl groups excluding tert-OH is 1. The van der Waals surface area contributed by atoms with Crippen molar-refractivity contribution in [1.82, 2.24) is 4.90 Å². The fraction of sp³-hybridized carbons (Fsp3) is 0.500. The second-order valence-corrected chi connectivity index (χ2v) is 6.58. The third-order valence-corrected chi connectivity index (χ3v) is 5.19. The third kappa shape index (κ3) is 3.20. The lowest BCUT2D eigenvalue weighted by molar-refractivity contribution is 0.0759. The van der Waals surface area contributed by atoms with Gasteiger partial charge < -0.3 is 14.7 Å². The molecule has 0 saturated carbocycles. The first kappa shape index (κ1) is 15.9. The molecule has 0 aromatic heterocycles. The van der Waals surface area contributed by atoms with E-state index in [2.05, 4.69) is 22.6 Å². The lowest BCUT2D eigenvalue weighted by Gasteiger charge is -2.19. The number of rotatable bonds is 3. The zero-order valence-electron chi connectivity index (χ0n) is 11.4. The Morgan fingerprint density at radius 3 is 2.85 bits per heavy atom. The molecule has 0 spiro atoms. The molecule has 1 heterocycles. The molecule has 1 fully saturated rings. The molecule has 0 aliphatic carbocycles. The van der Waals surface area contributed by atoms with Crippen molar-refractivity contribution in [2.24, 2.45) is 5.92 Å². The molecule has 2 unspecified atom stereocenters. The number of likely N-dealkylation sites (tertiary alicyclic amines) is 1. The Morgan fingerprint density at radius 1 is 1.60 bits per heavy atom. The zero-order chi connectivity index (χ0) is 14.9. The van der Waals surface area contributed by atoms with Crippen molar-refractivity contribution in [3.8, 4) is 5.75 Å². The van der Waals surface area contributed by atoms with Crippen molar-refractivity contribution in [2.45, 2.75) is 19.4 Å². The largest absolute Gasteiger partial charge is 0.496 e. The average Bonchev–Trinajstić information content (AvgIpc) is 2.90. The van der Waals surface area contributed by atoms with Gasteiger partial charge in [0.25, 0.3) is 5.91 Å². The number of carbonyl (C=O) groups is 1. The van der Waals surface area contributed by atoms with Crippen LogP contribution in [0.25, 0.3) is 0 Å². The number of aliphatic hydroxyl groups is 1. The zero-order valence-corrected chi connectivity index (χ0v) is 14.3. The van der Waals surface area contributed by atoms with Crippen LogP contribution in [0.1, 0.15) is 23.7 Å². The molecule has 4 nitrogen and oxygen atoms in total. The molecular formula is C14H17ClINO3. The molecule has 6 heteroatoms.